The van der Waals surface area contributed by atoms with Gasteiger partial charge in [-0.2, -0.15) is 0 Å². The fraction of sp³-hybridized carbons (Fsp3) is 0.500. The van der Waals surface area contributed by atoms with Crippen LogP contribution in [0.2, 0.25) is 0 Å². The van der Waals surface area contributed by atoms with Gasteiger partial charge >= 0.3 is 0 Å². The molecule has 0 atom stereocenters. The summed E-state index contributed by atoms with van der Waals surface area (Å²) in [5, 5.41) is 9.35. The Morgan fingerprint density at radius 1 is 1.67 bits per heavy atom. The molecular formula is C6H9NOS. The van der Waals surface area contributed by atoms with Gasteiger partial charge in [0, 0.05) is 6.20 Å². The summed E-state index contributed by atoms with van der Waals surface area (Å²) in [4.78, 5) is 0.905. The van der Waals surface area contributed by atoms with E-state index in [1.807, 2.05) is 6.07 Å². The Labute approximate surface area is 58.3 Å². The van der Waals surface area contributed by atoms with Crippen molar-refractivity contribution in [1.29, 1.82) is 0 Å². The molecule has 0 fully saturated rings. The molecule has 0 aliphatic rings. The first-order valence-corrected chi connectivity index (χ1v) is 3.51. The van der Waals surface area contributed by atoms with Crippen molar-refractivity contribution in [2.24, 2.45) is 0 Å². The second kappa shape index (κ2) is 2.08. The third-order valence-corrected chi connectivity index (χ3v) is 2.10. The zero-order chi connectivity index (χ0) is 6.91. The Hall–Kier alpha value is -0.410. The van der Waals surface area contributed by atoms with Crippen LogP contribution in [-0.2, 0) is 5.60 Å². The lowest BCUT2D eigenvalue weighted by Crippen LogP contribution is -2.12. The minimum Gasteiger partial charge on any atom is -0.385 e. The highest BCUT2D eigenvalue weighted by atomic mass is 32.1. The topological polar surface area (TPSA) is 33.1 Å². The Kier molecular flexibility index (Phi) is 1.55. The van der Waals surface area contributed by atoms with Crippen LogP contribution < -0.4 is 0 Å². The highest BCUT2D eigenvalue weighted by Gasteiger charge is 2.16. The van der Waals surface area contributed by atoms with E-state index in [1.54, 1.807) is 20.0 Å². The Balaban J connectivity index is 2.90. The average Bonchev–Trinajstić information content (AvgIpc) is 2.08. The molecule has 2 nitrogen and oxygen atoms in total. The van der Waals surface area contributed by atoms with Crippen LogP contribution in [0.15, 0.2) is 12.3 Å². The van der Waals surface area contributed by atoms with Gasteiger partial charge in [0.1, 0.15) is 0 Å². The molecule has 0 spiro atoms. The second-order valence-corrected chi connectivity index (χ2v) is 3.27. The third-order valence-electron chi connectivity index (χ3n) is 1.04. The molecule has 0 unspecified atom stereocenters. The van der Waals surface area contributed by atoms with Crippen molar-refractivity contribution < 1.29 is 5.11 Å². The molecule has 9 heavy (non-hydrogen) atoms. The molecule has 3 heteroatoms. The first-order valence-electron chi connectivity index (χ1n) is 2.74. The van der Waals surface area contributed by atoms with Gasteiger partial charge in [-0.15, -0.1) is 0 Å². The van der Waals surface area contributed by atoms with Crippen molar-refractivity contribution in [2.45, 2.75) is 19.4 Å². The maximum Gasteiger partial charge on any atom is 0.0947 e. The summed E-state index contributed by atoms with van der Waals surface area (Å²) in [5.41, 5.74) is -0.721. The molecule has 1 heterocycles. The van der Waals surface area contributed by atoms with Crippen LogP contribution in [0.25, 0.3) is 0 Å². The monoisotopic (exact) mass is 143 g/mol. The van der Waals surface area contributed by atoms with E-state index in [4.69, 9.17) is 0 Å². The molecule has 0 radical (unpaired) electrons. The molecule has 1 rings (SSSR count). The van der Waals surface area contributed by atoms with E-state index in [-0.39, 0.29) is 0 Å². The highest BCUT2D eigenvalue weighted by Crippen LogP contribution is 2.21. The van der Waals surface area contributed by atoms with Crippen LogP contribution in [0.3, 0.4) is 0 Å². The number of aromatic nitrogens is 1. The van der Waals surface area contributed by atoms with E-state index in [0.717, 1.165) is 4.88 Å². The first kappa shape index (κ1) is 6.71. The van der Waals surface area contributed by atoms with Crippen LogP contribution in [0.1, 0.15) is 18.7 Å². The van der Waals surface area contributed by atoms with Crippen molar-refractivity contribution in [3.8, 4) is 0 Å². The number of hydrogen-bond acceptors (Lipinski definition) is 3. The molecule has 0 aromatic carbocycles. The molecular weight excluding hydrogens is 134 g/mol. The lowest BCUT2D eigenvalue weighted by atomic mass is 10.1. The molecule has 0 saturated heterocycles. The van der Waals surface area contributed by atoms with Crippen LogP contribution in [0.4, 0.5) is 0 Å². The minimum atomic E-state index is -0.721. The maximum atomic E-state index is 9.35. The van der Waals surface area contributed by atoms with Gasteiger partial charge < -0.3 is 5.11 Å². The first-order chi connectivity index (χ1) is 4.11. The summed E-state index contributed by atoms with van der Waals surface area (Å²) >= 11 is 1.33. The summed E-state index contributed by atoms with van der Waals surface area (Å²) in [6.07, 6.45) is 1.69. The summed E-state index contributed by atoms with van der Waals surface area (Å²) in [6, 6.07) is 1.82. The Bertz CT molecular complexity index is 175. The van der Waals surface area contributed by atoms with E-state index >= 15 is 0 Å². The maximum absolute atomic E-state index is 9.35. The summed E-state index contributed by atoms with van der Waals surface area (Å²) in [7, 11) is 0. The van der Waals surface area contributed by atoms with Gasteiger partial charge in [-0.25, -0.2) is 4.37 Å². The predicted octanol–water partition coefficient (Wildman–Crippen LogP) is 1.37. The largest absolute Gasteiger partial charge is 0.385 e. The average molecular weight is 143 g/mol. The number of nitrogens with zero attached hydrogens (tertiary/aromatic N) is 1. The quantitative estimate of drug-likeness (QED) is 0.644. The summed E-state index contributed by atoms with van der Waals surface area (Å²) in [5.74, 6) is 0. The van der Waals surface area contributed by atoms with Crippen molar-refractivity contribution in [1.82, 2.24) is 4.37 Å². The third kappa shape index (κ3) is 1.50. The molecule has 0 bridgehead atoms. The van der Waals surface area contributed by atoms with Gasteiger partial charge in [0.15, 0.2) is 0 Å². The molecule has 1 aromatic rings. The molecule has 0 aliphatic heterocycles. The van der Waals surface area contributed by atoms with E-state index in [2.05, 4.69) is 4.37 Å². The molecule has 0 amide bonds. The van der Waals surface area contributed by atoms with Gasteiger partial charge in [0.2, 0.25) is 0 Å². The molecule has 50 valence electrons. The second-order valence-electron chi connectivity index (χ2n) is 2.44. The van der Waals surface area contributed by atoms with Crippen molar-refractivity contribution in [3.05, 3.63) is 17.1 Å². The Morgan fingerprint density at radius 3 is 2.56 bits per heavy atom. The van der Waals surface area contributed by atoms with Crippen LogP contribution in [-0.4, -0.2) is 9.48 Å². The molecule has 1 N–H and O–H groups in total. The molecule has 0 saturated carbocycles. The van der Waals surface area contributed by atoms with Crippen molar-refractivity contribution in [3.63, 3.8) is 0 Å². The fourth-order valence-corrected chi connectivity index (χ4v) is 1.11. The van der Waals surface area contributed by atoms with E-state index in [9.17, 15) is 5.11 Å². The lowest BCUT2D eigenvalue weighted by Gasteiger charge is -2.12. The normalized spacial score (nSPS) is 11.9. The van der Waals surface area contributed by atoms with Gasteiger partial charge in [0.25, 0.3) is 0 Å². The fourth-order valence-electron chi connectivity index (χ4n) is 0.531. The SMILES string of the molecule is CC(C)(O)c1ccns1. The van der Waals surface area contributed by atoms with Gasteiger partial charge in [-0.05, 0) is 31.4 Å². The van der Waals surface area contributed by atoms with Gasteiger partial charge in [0.05, 0.1) is 10.5 Å². The van der Waals surface area contributed by atoms with E-state index < -0.39 is 5.60 Å². The van der Waals surface area contributed by atoms with Crippen molar-refractivity contribution in [2.75, 3.05) is 0 Å². The standard InChI is InChI=1S/C6H9NOS/c1-6(2,8)5-3-4-7-9-5/h3-4,8H,1-2H3. The van der Waals surface area contributed by atoms with Crippen molar-refractivity contribution >= 4 is 11.5 Å². The number of hydrogen-bond donors (Lipinski definition) is 1. The summed E-state index contributed by atoms with van der Waals surface area (Å²) < 4.78 is 3.87. The smallest absolute Gasteiger partial charge is 0.0947 e. The highest BCUT2D eigenvalue weighted by molar-refractivity contribution is 7.05. The predicted molar refractivity (Wildman–Crippen MR) is 37.4 cm³/mol. The van der Waals surface area contributed by atoms with E-state index in [0.29, 0.717) is 0 Å². The molecule has 1 aromatic heterocycles. The summed E-state index contributed by atoms with van der Waals surface area (Å²) in [6.45, 7) is 3.50. The van der Waals surface area contributed by atoms with Crippen LogP contribution >= 0.6 is 11.5 Å². The zero-order valence-corrected chi connectivity index (χ0v) is 6.27. The lowest BCUT2D eigenvalue weighted by molar-refractivity contribution is 0.0825. The van der Waals surface area contributed by atoms with Crippen LogP contribution in [0.5, 0.6) is 0 Å². The minimum absolute atomic E-state index is 0.721. The van der Waals surface area contributed by atoms with E-state index in [1.165, 1.54) is 11.5 Å². The number of aliphatic hydroxyl groups is 1. The van der Waals surface area contributed by atoms with Gasteiger partial charge in [-0.3, -0.25) is 0 Å². The van der Waals surface area contributed by atoms with Crippen LogP contribution in [0, 0.1) is 0 Å². The number of rotatable bonds is 1. The Morgan fingerprint density at radius 2 is 2.33 bits per heavy atom. The van der Waals surface area contributed by atoms with Gasteiger partial charge in [-0.1, -0.05) is 0 Å². The molecule has 0 aliphatic carbocycles. The zero-order valence-electron chi connectivity index (χ0n) is 5.46.